The van der Waals surface area contributed by atoms with Gasteiger partial charge in [-0.2, -0.15) is 0 Å². The molecule has 1 aromatic carbocycles. The number of methoxy groups -OCH3 is 1. The van der Waals surface area contributed by atoms with E-state index in [9.17, 15) is 0 Å². The third-order valence-electron chi connectivity index (χ3n) is 7.93. The van der Waals surface area contributed by atoms with Crippen molar-refractivity contribution in [2.45, 2.75) is 50.6 Å². The number of rotatable bonds is 4. The lowest BCUT2D eigenvalue weighted by Crippen LogP contribution is -2.54. The van der Waals surface area contributed by atoms with Crippen LogP contribution in [0.5, 0.6) is 5.75 Å². The third kappa shape index (κ3) is 3.47. The maximum Gasteiger partial charge on any atom is 0.142 e. The number of piperidine rings is 1. The summed E-state index contributed by atoms with van der Waals surface area (Å²) in [6.45, 7) is 7.30. The van der Waals surface area contributed by atoms with Gasteiger partial charge in [0.2, 0.25) is 0 Å². The van der Waals surface area contributed by atoms with Crippen molar-refractivity contribution in [2.75, 3.05) is 51.3 Å². The topological polar surface area (TPSA) is 19.0 Å². The Hall–Kier alpha value is -1.26. The van der Waals surface area contributed by atoms with E-state index < -0.39 is 0 Å². The molecule has 2 saturated heterocycles. The second-order valence-electron chi connectivity index (χ2n) is 9.20. The SMILES string of the molecule is COc1ccccc1N1CCN(C2CCN([C@@H]3C[C@H]4CC[C@H]3C4)CC2)CC1. The van der Waals surface area contributed by atoms with E-state index in [1.54, 1.807) is 7.11 Å². The Labute approximate surface area is 164 Å². The van der Waals surface area contributed by atoms with Crippen LogP contribution in [0, 0.1) is 11.8 Å². The molecule has 27 heavy (non-hydrogen) atoms. The van der Waals surface area contributed by atoms with Crippen LogP contribution in [0.3, 0.4) is 0 Å². The van der Waals surface area contributed by atoms with E-state index in [1.807, 2.05) is 0 Å². The summed E-state index contributed by atoms with van der Waals surface area (Å²) >= 11 is 0. The zero-order valence-corrected chi connectivity index (χ0v) is 16.9. The molecule has 1 aromatic rings. The fraction of sp³-hybridized carbons (Fsp3) is 0.739. The van der Waals surface area contributed by atoms with Crippen molar-refractivity contribution < 1.29 is 4.74 Å². The minimum Gasteiger partial charge on any atom is -0.495 e. The minimum absolute atomic E-state index is 0.805. The summed E-state index contributed by atoms with van der Waals surface area (Å²) in [5.74, 6) is 3.11. The van der Waals surface area contributed by atoms with Gasteiger partial charge < -0.3 is 9.64 Å². The molecule has 4 nitrogen and oxygen atoms in total. The van der Waals surface area contributed by atoms with Crippen LogP contribution in [0.2, 0.25) is 0 Å². The smallest absolute Gasteiger partial charge is 0.142 e. The summed E-state index contributed by atoms with van der Waals surface area (Å²) in [4.78, 5) is 8.13. The molecule has 4 aliphatic rings. The molecule has 0 unspecified atom stereocenters. The average Bonchev–Trinajstić information content (AvgIpc) is 3.38. The maximum atomic E-state index is 5.56. The highest BCUT2D eigenvalue weighted by Gasteiger charge is 2.43. The van der Waals surface area contributed by atoms with Crippen LogP contribution in [0.4, 0.5) is 5.69 Å². The molecule has 4 fully saturated rings. The third-order valence-corrected chi connectivity index (χ3v) is 7.93. The molecule has 2 aliphatic carbocycles. The van der Waals surface area contributed by atoms with Gasteiger partial charge in [0.25, 0.3) is 0 Å². The molecule has 148 valence electrons. The molecule has 5 rings (SSSR count). The molecular formula is C23H35N3O. The molecule has 0 N–H and O–H groups in total. The van der Waals surface area contributed by atoms with E-state index in [1.165, 1.54) is 70.4 Å². The second-order valence-corrected chi connectivity index (χ2v) is 9.20. The quantitative estimate of drug-likeness (QED) is 0.809. The fourth-order valence-corrected chi connectivity index (χ4v) is 6.46. The normalized spacial score (nSPS) is 32.9. The maximum absolute atomic E-state index is 5.56. The number of likely N-dealkylation sites (tertiary alicyclic amines) is 1. The highest BCUT2D eigenvalue weighted by Crippen LogP contribution is 2.47. The van der Waals surface area contributed by atoms with Gasteiger partial charge in [-0.05, 0) is 69.2 Å². The summed E-state index contributed by atoms with van der Waals surface area (Å²) in [7, 11) is 1.78. The predicted molar refractivity (Wildman–Crippen MR) is 111 cm³/mol. The van der Waals surface area contributed by atoms with E-state index >= 15 is 0 Å². The fourth-order valence-electron chi connectivity index (χ4n) is 6.46. The van der Waals surface area contributed by atoms with Crippen molar-refractivity contribution in [1.82, 2.24) is 9.80 Å². The van der Waals surface area contributed by atoms with E-state index in [0.717, 1.165) is 42.8 Å². The van der Waals surface area contributed by atoms with Crippen LogP contribution < -0.4 is 9.64 Å². The molecule has 2 aliphatic heterocycles. The predicted octanol–water partition coefficient (Wildman–Crippen LogP) is 3.47. The minimum atomic E-state index is 0.805. The van der Waals surface area contributed by atoms with Crippen molar-refractivity contribution in [2.24, 2.45) is 11.8 Å². The Morgan fingerprint density at radius 3 is 2.26 bits per heavy atom. The molecular weight excluding hydrogens is 334 g/mol. The first-order valence-corrected chi connectivity index (χ1v) is 11.2. The van der Waals surface area contributed by atoms with Gasteiger partial charge in [0, 0.05) is 38.3 Å². The van der Waals surface area contributed by atoms with E-state index in [0.29, 0.717) is 0 Å². The molecule has 2 bridgehead atoms. The van der Waals surface area contributed by atoms with Gasteiger partial charge in [-0.1, -0.05) is 18.6 Å². The van der Waals surface area contributed by atoms with Crippen LogP contribution in [-0.2, 0) is 0 Å². The molecule has 2 saturated carbocycles. The molecule has 3 atom stereocenters. The van der Waals surface area contributed by atoms with E-state index in [2.05, 4.69) is 39.0 Å². The molecule has 0 spiro atoms. The van der Waals surface area contributed by atoms with Gasteiger partial charge >= 0.3 is 0 Å². The van der Waals surface area contributed by atoms with Crippen LogP contribution in [0.25, 0.3) is 0 Å². The number of fused-ring (bicyclic) bond motifs is 2. The number of benzene rings is 1. The zero-order chi connectivity index (χ0) is 18.2. The summed E-state index contributed by atoms with van der Waals surface area (Å²) in [5.41, 5.74) is 1.26. The van der Waals surface area contributed by atoms with Gasteiger partial charge in [-0.25, -0.2) is 0 Å². The molecule has 0 aromatic heterocycles. The van der Waals surface area contributed by atoms with Gasteiger partial charge in [0.05, 0.1) is 12.8 Å². The standard InChI is InChI=1S/C23H35N3O/c1-27-23-5-3-2-4-21(23)26-14-12-24(13-15-26)20-8-10-25(11-9-20)22-17-18-6-7-19(22)16-18/h2-5,18-20,22H,6-17H2,1H3/t18-,19-,22+/m0/s1. The van der Waals surface area contributed by atoms with Crippen LogP contribution in [0.1, 0.15) is 38.5 Å². The average molecular weight is 370 g/mol. The Morgan fingerprint density at radius 2 is 1.59 bits per heavy atom. The molecule has 0 radical (unpaired) electrons. The van der Waals surface area contributed by atoms with E-state index in [4.69, 9.17) is 4.74 Å². The lowest BCUT2D eigenvalue weighted by Gasteiger charge is -2.45. The molecule has 4 heteroatoms. The Balaban J connectivity index is 1.12. The first kappa shape index (κ1) is 17.8. The first-order chi connectivity index (χ1) is 13.3. The van der Waals surface area contributed by atoms with Gasteiger partial charge in [-0.15, -0.1) is 0 Å². The van der Waals surface area contributed by atoms with Crippen LogP contribution in [0.15, 0.2) is 24.3 Å². The largest absolute Gasteiger partial charge is 0.495 e. The second kappa shape index (κ2) is 7.63. The molecule has 0 amide bonds. The van der Waals surface area contributed by atoms with Crippen molar-refractivity contribution in [3.8, 4) is 5.75 Å². The van der Waals surface area contributed by atoms with Gasteiger partial charge in [-0.3, -0.25) is 9.80 Å². The molecule has 2 heterocycles. The number of piperazine rings is 1. The van der Waals surface area contributed by atoms with Gasteiger partial charge in [0.15, 0.2) is 0 Å². The number of anilines is 1. The lowest BCUT2D eigenvalue weighted by molar-refractivity contribution is 0.0617. The lowest BCUT2D eigenvalue weighted by atomic mass is 9.91. The zero-order valence-electron chi connectivity index (χ0n) is 16.9. The van der Waals surface area contributed by atoms with Crippen LogP contribution >= 0.6 is 0 Å². The van der Waals surface area contributed by atoms with Gasteiger partial charge in [0.1, 0.15) is 5.75 Å². The number of hydrogen-bond acceptors (Lipinski definition) is 4. The number of hydrogen-bond donors (Lipinski definition) is 0. The van der Waals surface area contributed by atoms with Crippen LogP contribution in [-0.4, -0.2) is 68.3 Å². The van der Waals surface area contributed by atoms with Crippen molar-refractivity contribution in [3.63, 3.8) is 0 Å². The Bertz CT molecular complexity index is 634. The first-order valence-electron chi connectivity index (χ1n) is 11.2. The van der Waals surface area contributed by atoms with Crippen molar-refractivity contribution in [3.05, 3.63) is 24.3 Å². The number of para-hydroxylation sites is 2. The van der Waals surface area contributed by atoms with E-state index in [-0.39, 0.29) is 0 Å². The summed E-state index contributed by atoms with van der Waals surface area (Å²) in [6, 6.07) is 10.2. The number of ether oxygens (including phenoxy) is 1. The highest BCUT2D eigenvalue weighted by atomic mass is 16.5. The number of nitrogens with zero attached hydrogens (tertiary/aromatic N) is 3. The Morgan fingerprint density at radius 1 is 0.815 bits per heavy atom. The summed E-state index contributed by atoms with van der Waals surface area (Å²) in [5, 5.41) is 0. The summed E-state index contributed by atoms with van der Waals surface area (Å²) < 4.78 is 5.56. The van der Waals surface area contributed by atoms with Crippen molar-refractivity contribution in [1.29, 1.82) is 0 Å². The monoisotopic (exact) mass is 369 g/mol. The summed E-state index contributed by atoms with van der Waals surface area (Å²) in [6.07, 6.45) is 8.84. The highest BCUT2D eigenvalue weighted by molar-refractivity contribution is 5.58. The Kier molecular flexibility index (Phi) is 5.04. The van der Waals surface area contributed by atoms with Crippen molar-refractivity contribution >= 4 is 5.69 Å².